The van der Waals surface area contributed by atoms with E-state index < -0.39 is 5.41 Å². The highest BCUT2D eigenvalue weighted by Crippen LogP contribution is 2.50. The van der Waals surface area contributed by atoms with Crippen molar-refractivity contribution in [1.29, 1.82) is 0 Å². The summed E-state index contributed by atoms with van der Waals surface area (Å²) >= 11 is 0. The first kappa shape index (κ1) is 15.3. The number of H-pyrrole nitrogens is 1. The lowest BCUT2D eigenvalue weighted by molar-refractivity contribution is -0.123. The predicted octanol–water partition coefficient (Wildman–Crippen LogP) is 3.29. The van der Waals surface area contributed by atoms with Gasteiger partial charge in [-0.3, -0.25) is 4.79 Å². The number of carbonyl (C=O) groups is 1. The van der Waals surface area contributed by atoms with Crippen molar-refractivity contribution in [2.75, 3.05) is 13.3 Å². The number of para-hydroxylation sites is 1. The standard InChI is InChI=1S/C21H20N2O3/c24-20(22-10-7-14-12-23-17-4-2-1-3-16(14)17)21(8-9-21)15-5-6-18-19(11-15)26-13-25-18/h1-6,11-12,23H,7-10,13H2,(H,22,24). The maximum atomic E-state index is 12.8. The summed E-state index contributed by atoms with van der Waals surface area (Å²) in [6.07, 6.45) is 4.60. The van der Waals surface area contributed by atoms with Crippen molar-refractivity contribution in [3.63, 3.8) is 0 Å². The van der Waals surface area contributed by atoms with Crippen LogP contribution in [0.1, 0.15) is 24.0 Å². The van der Waals surface area contributed by atoms with Crippen LogP contribution in [0.5, 0.6) is 11.5 Å². The Morgan fingerprint density at radius 3 is 2.85 bits per heavy atom. The third-order valence-corrected chi connectivity index (χ3v) is 5.46. The summed E-state index contributed by atoms with van der Waals surface area (Å²) in [5.74, 6) is 1.60. The van der Waals surface area contributed by atoms with E-state index in [1.165, 1.54) is 10.9 Å². The largest absolute Gasteiger partial charge is 0.454 e. The topological polar surface area (TPSA) is 63.4 Å². The molecule has 132 valence electrons. The molecule has 0 saturated heterocycles. The lowest BCUT2D eigenvalue weighted by Crippen LogP contribution is -2.35. The third-order valence-electron chi connectivity index (χ3n) is 5.46. The molecule has 0 radical (unpaired) electrons. The molecule has 5 nitrogen and oxygen atoms in total. The van der Waals surface area contributed by atoms with Gasteiger partial charge in [-0.2, -0.15) is 0 Å². The number of rotatable bonds is 5. The first-order valence-corrected chi connectivity index (χ1v) is 9.00. The molecular formula is C21H20N2O3. The smallest absolute Gasteiger partial charge is 0.231 e. The van der Waals surface area contributed by atoms with Gasteiger partial charge in [0.25, 0.3) is 0 Å². The molecule has 2 N–H and O–H groups in total. The number of hydrogen-bond acceptors (Lipinski definition) is 3. The maximum Gasteiger partial charge on any atom is 0.231 e. The van der Waals surface area contributed by atoms with E-state index in [4.69, 9.17) is 9.47 Å². The van der Waals surface area contributed by atoms with Crippen LogP contribution in [0.25, 0.3) is 10.9 Å². The van der Waals surface area contributed by atoms with E-state index in [0.29, 0.717) is 6.54 Å². The Morgan fingerprint density at radius 1 is 1.12 bits per heavy atom. The van der Waals surface area contributed by atoms with Crippen molar-refractivity contribution >= 4 is 16.8 Å². The Kier molecular flexibility index (Phi) is 3.42. The highest BCUT2D eigenvalue weighted by atomic mass is 16.7. The van der Waals surface area contributed by atoms with E-state index in [-0.39, 0.29) is 12.7 Å². The Hall–Kier alpha value is -2.95. The molecule has 1 aliphatic heterocycles. The Morgan fingerprint density at radius 2 is 1.96 bits per heavy atom. The summed E-state index contributed by atoms with van der Waals surface area (Å²) in [5, 5.41) is 4.35. The lowest BCUT2D eigenvalue weighted by Gasteiger charge is -2.16. The average Bonchev–Trinajstić information content (AvgIpc) is 3.18. The van der Waals surface area contributed by atoms with Gasteiger partial charge in [-0.05, 0) is 48.6 Å². The van der Waals surface area contributed by atoms with Crippen molar-refractivity contribution in [1.82, 2.24) is 10.3 Å². The fraction of sp³-hybridized carbons (Fsp3) is 0.286. The number of ether oxygens (including phenoxy) is 2. The van der Waals surface area contributed by atoms with E-state index in [2.05, 4.69) is 22.4 Å². The van der Waals surface area contributed by atoms with Crippen molar-refractivity contribution in [3.05, 3.63) is 59.8 Å². The minimum atomic E-state index is -0.402. The molecule has 5 heteroatoms. The highest BCUT2D eigenvalue weighted by Gasteiger charge is 2.51. The number of nitrogens with one attached hydrogen (secondary N) is 2. The van der Waals surface area contributed by atoms with Gasteiger partial charge in [0, 0.05) is 23.6 Å². The van der Waals surface area contributed by atoms with Crippen molar-refractivity contribution in [2.45, 2.75) is 24.7 Å². The van der Waals surface area contributed by atoms with Crippen molar-refractivity contribution in [2.24, 2.45) is 0 Å². The van der Waals surface area contributed by atoms with Gasteiger partial charge in [-0.25, -0.2) is 0 Å². The lowest BCUT2D eigenvalue weighted by atomic mass is 9.94. The number of aromatic amines is 1. The molecule has 2 aliphatic rings. The molecular weight excluding hydrogens is 328 g/mol. The van der Waals surface area contributed by atoms with Gasteiger partial charge in [0.1, 0.15) is 0 Å². The minimum Gasteiger partial charge on any atom is -0.454 e. The Bertz CT molecular complexity index is 988. The molecule has 1 aromatic heterocycles. The first-order valence-electron chi connectivity index (χ1n) is 9.00. The van der Waals surface area contributed by atoms with Crippen LogP contribution in [0, 0.1) is 0 Å². The van der Waals surface area contributed by atoms with E-state index >= 15 is 0 Å². The molecule has 1 amide bonds. The molecule has 0 spiro atoms. The van der Waals surface area contributed by atoms with E-state index in [0.717, 1.165) is 41.8 Å². The summed E-state index contributed by atoms with van der Waals surface area (Å²) < 4.78 is 10.8. The highest BCUT2D eigenvalue weighted by molar-refractivity contribution is 5.91. The fourth-order valence-electron chi connectivity index (χ4n) is 3.78. The molecule has 1 saturated carbocycles. The molecule has 26 heavy (non-hydrogen) atoms. The number of hydrogen-bond donors (Lipinski definition) is 2. The van der Waals surface area contributed by atoms with Crippen LogP contribution in [0.4, 0.5) is 0 Å². The van der Waals surface area contributed by atoms with Gasteiger partial charge in [0.2, 0.25) is 12.7 Å². The van der Waals surface area contributed by atoms with E-state index in [9.17, 15) is 4.79 Å². The zero-order chi connectivity index (χ0) is 17.6. The second-order valence-electron chi connectivity index (χ2n) is 7.02. The molecule has 5 rings (SSSR count). The van der Waals surface area contributed by atoms with Crippen LogP contribution in [0.3, 0.4) is 0 Å². The monoisotopic (exact) mass is 348 g/mol. The van der Waals surface area contributed by atoms with Gasteiger partial charge < -0.3 is 19.8 Å². The van der Waals surface area contributed by atoms with Crippen molar-refractivity contribution < 1.29 is 14.3 Å². The van der Waals surface area contributed by atoms with Gasteiger partial charge in [0.15, 0.2) is 11.5 Å². The molecule has 0 bridgehead atoms. The predicted molar refractivity (Wildman–Crippen MR) is 98.5 cm³/mol. The second-order valence-corrected chi connectivity index (χ2v) is 7.02. The number of aromatic nitrogens is 1. The molecule has 1 fully saturated rings. The molecule has 0 atom stereocenters. The average molecular weight is 348 g/mol. The maximum absolute atomic E-state index is 12.8. The van der Waals surface area contributed by atoms with Crippen LogP contribution in [-0.4, -0.2) is 24.2 Å². The second kappa shape index (κ2) is 5.80. The normalized spacial score (nSPS) is 16.6. The number of amides is 1. The van der Waals surface area contributed by atoms with E-state index in [1.807, 2.05) is 36.5 Å². The Balaban J connectivity index is 1.27. The molecule has 2 heterocycles. The summed E-state index contributed by atoms with van der Waals surface area (Å²) in [5.41, 5.74) is 2.98. The quantitative estimate of drug-likeness (QED) is 0.744. The van der Waals surface area contributed by atoms with Crippen LogP contribution < -0.4 is 14.8 Å². The number of fused-ring (bicyclic) bond motifs is 2. The van der Waals surface area contributed by atoms with Gasteiger partial charge in [-0.1, -0.05) is 24.3 Å². The molecule has 2 aromatic carbocycles. The Labute approximate surface area is 151 Å². The van der Waals surface area contributed by atoms with Gasteiger partial charge in [-0.15, -0.1) is 0 Å². The van der Waals surface area contributed by atoms with Gasteiger partial charge >= 0.3 is 0 Å². The fourth-order valence-corrected chi connectivity index (χ4v) is 3.78. The van der Waals surface area contributed by atoms with Crippen molar-refractivity contribution in [3.8, 4) is 11.5 Å². The SMILES string of the molecule is O=C(NCCc1c[nH]c2ccccc12)C1(c2ccc3c(c2)OCO3)CC1. The van der Waals surface area contributed by atoms with Crippen LogP contribution in [-0.2, 0) is 16.6 Å². The van der Waals surface area contributed by atoms with E-state index in [1.54, 1.807) is 0 Å². The minimum absolute atomic E-state index is 0.108. The molecule has 3 aromatic rings. The summed E-state index contributed by atoms with van der Waals surface area (Å²) in [6, 6.07) is 14.1. The number of benzene rings is 2. The third kappa shape index (κ3) is 2.43. The molecule has 0 unspecified atom stereocenters. The number of carbonyl (C=O) groups excluding carboxylic acids is 1. The summed E-state index contributed by atoms with van der Waals surface area (Å²) in [4.78, 5) is 16.1. The zero-order valence-corrected chi connectivity index (χ0v) is 14.4. The van der Waals surface area contributed by atoms with Crippen LogP contribution in [0.2, 0.25) is 0 Å². The zero-order valence-electron chi connectivity index (χ0n) is 14.4. The molecule has 1 aliphatic carbocycles. The van der Waals surface area contributed by atoms with Crippen LogP contribution in [0.15, 0.2) is 48.7 Å². The summed E-state index contributed by atoms with van der Waals surface area (Å²) in [6.45, 7) is 0.885. The first-order chi connectivity index (χ1) is 12.8. The van der Waals surface area contributed by atoms with Gasteiger partial charge in [0.05, 0.1) is 5.41 Å². The summed E-state index contributed by atoms with van der Waals surface area (Å²) in [7, 11) is 0. The van der Waals surface area contributed by atoms with Crippen LogP contribution >= 0.6 is 0 Å².